The van der Waals surface area contributed by atoms with Gasteiger partial charge in [0, 0.05) is 5.70 Å². The summed E-state index contributed by atoms with van der Waals surface area (Å²) in [7, 11) is 0. The third-order valence-electron chi connectivity index (χ3n) is 0.956. The van der Waals surface area contributed by atoms with E-state index in [2.05, 4.69) is 26.8 Å². The highest BCUT2D eigenvalue weighted by molar-refractivity contribution is 4.96. The first kappa shape index (κ1) is 7.54. The molecule has 0 aliphatic rings. The Kier molecular flexibility index (Phi) is 3.33. The van der Waals surface area contributed by atoms with Crippen molar-refractivity contribution in [3.63, 3.8) is 0 Å². The van der Waals surface area contributed by atoms with Crippen molar-refractivity contribution in [3.8, 4) is 0 Å². The van der Waals surface area contributed by atoms with Gasteiger partial charge in [0.15, 0.2) is 0 Å². The van der Waals surface area contributed by atoms with Gasteiger partial charge in [-0.3, -0.25) is 0 Å². The van der Waals surface area contributed by atoms with Gasteiger partial charge in [0.05, 0.1) is 0 Å². The topological polar surface area (TPSA) is 26.0 Å². The lowest BCUT2D eigenvalue weighted by Crippen LogP contribution is -1.96. The first-order valence-corrected chi connectivity index (χ1v) is 3.13. The first-order chi connectivity index (χ1) is 3.66. The fourth-order valence-corrected chi connectivity index (χ4v) is 0.546. The molecule has 0 aromatic carbocycles. The molecule has 0 amide bonds. The monoisotopic (exact) mass is 113 g/mol. The summed E-state index contributed by atoms with van der Waals surface area (Å²) in [6.07, 6.45) is 3.05. The zero-order valence-corrected chi connectivity index (χ0v) is 5.94. The lowest BCUT2D eigenvalue weighted by Gasteiger charge is -1.97. The van der Waals surface area contributed by atoms with Crippen molar-refractivity contribution in [1.82, 2.24) is 0 Å². The summed E-state index contributed by atoms with van der Waals surface area (Å²) in [5.74, 6) is 0.593. The predicted molar refractivity (Wildman–Crippen MR) is 37.4 cm³/mol. The maximum atomic E-state index is 5.54. The van der Waals surface area contributed by atoms with E-state index in [9.17, 15) is 0 Å². The normalized spacial score (nSPS) is 12.8. The molecule has 8 heavy (non-hydrogen) atoms. The second-order valence-electron chi connectivity index (χ2n) is 2.34. The van der Waals surface area contributed by atoms with E-state index in [4.69, 9.17) is 5.73 Å². The third kappa shape index (κ3) is 3.72. The van der Waals surface area contributed by atoms with Crippen LogP contribution in [0.1, 0.15) is 27.2 Å². The lowest BCUT2D eigenvalue weighted by atomic mass is 10.2. The molecule has 48 valence electrons. The van der Waals surface area contributed by atoms with Crippen LogP contribution in [0, 0.1) is 5.92 Å². The van der Waals surface area contributed by atoms with E-state index in [1.165, 1.54) is 0 Å². The van der Waals surface area contributed by atoms with Gasteiger partial charge in [0.1, 0.15) is 0 Å². The molecule has 0 heterocycles. The van der Waals surface area contributed by atoms with E-state index in [0.29, 0.717) is 5.92 Å². The summed E-state index contributed by atoms with van der Waals surface area (Å²) < 4.78 is 0. The average Bonchev–Trinajstić information content (AvgIpc) is 1.65. The molecule has 0 aromatic rings. The summed E-state index contributed by atoms with van der Waals surface area (Å²) in [4.78, 5) is 0. The zero-order chi connectivity index (χ0) is 6.57. The summed E-state index contributed by atoms with van der Waals surface area (Å²) in [6.45, 7) is 6.32. The standard InChI is InChI=1S/C7H15N/c1-4-7(8)5-6(2)3/h5-6H,4,8H2,1-3H3/b7-5+. The smallest absolute Gasteiger partial charge is 0.00398 e. The van der Waals surface area contributed by atoms with Crippen LogP contribution in [0.4, 0.5) is 0 Å². The van der Waals surface area contributed by atoms with Crippen LogP contribution in [0.2, 0.25) is 0 Å². The molecule has 0 unspecified atom stereocenters. The Labute approximate surface area is 51.6 Å². The molecule has 0 saturated carbocycles. The summed E-state index contributed by atoms with van der Waals surface area (Å²) in [5, 5.41) is 0. The number of allylic oxidation sites excluding steroid dienone is 2. The molecule has 0 aliphatic heterocycles. The van der Waals surface area contributed by atoms with Gasteiger partial charge in [-0.15, -0.1) is 0 Å². The fourth-order valence-electron chi connectivity index (χ4n) is 0.546. The third-order valence-corrected chi connectivity index (χ3v) is 0.956. The molecule has 0 aliphatic carbocycles. The van der Waals surface area contributed by atoms with Crippen LogP contribution in [0.3, 0.4) is 0 Å². The minimum atomic E-state index is 0.593. The van der Waals surface area contributed by atoms with E-state index in [1.54, 1.807) is 0 Å². The van der Waals surface area contributed by atoms with E-state index in [1.807, 2.05) is 0 Å². The lowest BCUT2D eigenvalue weighted by molar-refractivity contribution is 0.810. The quantitative estimate of drug-likeness (QED) is 0.581. The summed E-state index contributed by atoms with van der Waals surface area (Å²) >= 11 is 0. The Balaban J connectivity index is 3.56. The van der Waals surface area contributed by atoms with Crippen LogP contribution < -0.4 is 5.73 Å². The minimum absolute atomic E-state index is 0.593. The number of hydrogen-bond acceptors (Lipinski definition) is 1. The van der Waals surface area contributed by atoms with Crippen molar-refractivity contribution in [2.75, 3.05) is 0 Å². The minimum Gasteiger partial charge on any atom is -0.402 e. The van der Waals surface area contributed by atoms with Gasteiger partial charge in [0.25, 0.3) is 0 Å². The average molecular weight is 113 g/mol. The summed E-state index contributed by atoms with van der Waals surface area (Å²) in [5.41, 5.74) is 6.54. The van der Waals surface area contributed by atoms with E-state index >= 15 is 0 Å². The van der Waals surface area contributed by atoms with Gasteiger partial charge < -0.3 is 5.73 Å². The van der Waals surface area contributed by atoms with Crippen LogP contribution in [0.15, 0.2) is 11.8 Å². The molecule has 0 bridgehead atoms. The van der Waals surface area contributed by atoms with E-state index in [0.717, 1.165) is 12.1 Å². The summed E-state index contributed by atoms with van der Waals surface area (Å²) in [6, 6.07) is 0. The van der Waals surface area contributed by atoms with Gasteiger partial charge in [-0.2, -0.15) is 0 Å². The number of hydrogen-bond donors (Lipinski definition) is 1. The molecule has 2 N–H and O–H groups in total. The Bertz CT molecular complexity index is 82.4. The van der Waals surface area contributed by atoms with E-state index < -0.39 is 0 Å². The maximum Gasteiger partial charge on any atom is 0.00398 e. The second kappa shape index (κ2) is 3.53. The van der Waals surface area contributed by atoms with Gasteiger partial charge in [0.2, 0.25) is 0 Å². The molecule has 0 radical (unpaired) electrons. The molecule has 0 fully saturated rings. The Morgan fingerprint density at radius 3 is 2.25 bits per heavy atom. The molecule has 1 heteroatoms. The molecule has 0 rings (SSSR count). The molecule has 0 atom stereocenters. The second-order valence-corrected chi connectivity index (χ2v) is 2.34. The van der Waals surface area contributed by atoms with Crippen LogP contribution in [0.5, 0.6) is 0 Å². The van der Waals surface area contributed by atoms with Crippen molar-refractivity contribution in [1.29, 1.82) is 0 Å². The van der Waals surface area contributed by atoms with Gasteiger partial charge in [-0.05, 0) is 12.3 Å². The van der Waals surface area contributed by atoms with Gasteiger partial charge >= 0.3 is 0 Å². The fraction of sp³-hybridized carbons (Fsp3) is 0.714. The van der Waals surface area contributed by atoms with E-state index in [-0.39, 0.29) is 0 Å². The Morgan fingerprint density at radius 2 is 2.12 bits per heavy atom. The van der Waals surface area contributed by atoms with Crippen molar-refractivity contribution >= 4 is 0 Å². The van der Waals surface area contributed by atoms with Crippen LogP contribution in [-0.4, -0.2) is 0 Å². The van der Waals surface area contributed by atoms with Crippen LogP contribution >= 0.6 is 0 Å². The SMILES string of the molecule is CC/C(N)=C\C(C)C. The van der Waals surface area contributed by atoms with Crippen LogP contribution in [0.25, 0.3) is 0 Å². The van der Waals surface area contributed by atoms with Crippen molar-refractivity contribution in [2.24, 2.45) is 11.7 Å². The first-order valence-electron chi connectivity index (χ1n) is 3.13. The highest BCUT2D eigenvalue weighted by Crippen LogP contribution is 1.98. The van der Waals surface area contributed by atoms with Crippen molar-refractivity contribution in [2.45, 2.75) is 27.2 Å². The molecular formula is C7H15N. The largest absolute Gasteiger partial charge is 0.402 e. The molecule has 0 spiro atoms. The maximum absolute atomic E-state index is 5.54. The molecule has 0 aromatic heterocycles. The van der Waals surface area contributed by atoms with Crippen molar-refractivity contribution in [3.05, 3.63) is 11.8 Å². The Morgan fingerprint density at radius 1 is 1.62 bits per heavy atom. The molecule has 0 saturated heterocycles. The number of nitrogens with two attached hydrogens (primary N) is 1. The highest BCUT2D eigenvalue weighted by atomic mass is 14.6. The van der Waals surface area contributed by atoms with Crippen molar-refractivity contribution < 1.29 is 0 Å². The Hall–Kier alpha value is -0.460. The van der Waals surface area contributed by atoms with Gasteiger partial charge in [-0.1, -0.05) is 26.8 Å². The highest BCUT2D eigenvalue weighted by Gasteiger charge is 1.86. The molecule has 1 nitrogen and oxygen atoms in total. The predicted octanol–water partition coefficient (Wildman–Crippen LogP) is 1.90. The zero-order valence-electron chi connectivity index (χ0n) is 5.94. The van der Waals surface area contributed by atoms with Crippen LogP contribution in [-0.2, 0) is 0 Å². The number of rotatable bonds is 2. The van der Waals surface area contributed by atoms with Gasteiger partial charge in [-0.25, -0.2) is 0 Å². The molecular weight excluding hydrogens is 98.1 g/mol.